The monoisotopic (exact) mass is 588 g/mol. The van der Waals surface area contributed by atoms with Crippen LogP contribution in [0.2, 0.25) is 0 Å². The third-order valence-corrected chi connectivity index (χ3v) is 7.32. The molecule has 0 fully saturated rings. The Balaban J connectivity index is 1.48. The largest absolute Gasteiger partial charge is 0.508 e. The molecule has 0 unspecified atom stereocenters. The topological polar surface area (TPSA) is 100 Å². The lowest BCUT2D eigenvalue weighted by atomic mass is 10.0. The maximum atomic E-state index is 10.4. The Kier molecular flexibility index (Phi) is 7.51. The Morgan fingerprint density at radius 1 is 0.947 bits per heavy atom. The van der Waals surface area contributed by atoms with E-state index in [2.05, 4.69) is 36.2 Å². The maximum absolute atomic E-state index is 10.4. The predicted molar refractivity (Wildman–Crippen MR) is 153 cm³/mol. The van der Waals surface area contributed by atoms with Gasteiger partial charge in [-0.2, -0.15) is 0 Å². The van der Waals surface area contributed by atoms with E-state index in [-0.39, 0.29) is 5.75 Å². The fraction of sp³-hybridized carbons (Fsp3) is 0.138. The van der Waals surface area contributed by atoms with Crippen molar-refractivity contribution in [3.8, 4) is 11.5 Å². The lowest BCUT2D eigenvalue weighted by Gasteiger charge is -2.18. The number of benzene rings is 3. The summed E-state index contributed by atoms with van der Waals surface area (Å²) in [6, 6.07) is 24.6. The summed E-state index contributed by atoms with van der Waals surface area (Å²) < 4.78 is 7.12. The van der Waals surface area contributed by atoms with Crippen molar-refractivity contribution in [3.63, 3.8) is 0 Å². The second-order valence-electron chi connectivity index (χ2n) is 9.14. The first-order chi connectivity index (χ1) is 18.2. The number of phenolic OH excluding ortho intramolecular Hbond substituents is 1. The molecule has 0 spiro atoms. The standard InChI is InChI=1S/C29H25BrN4O3S/c1-29(2,36)26-14-12-23-27(31-17-32-28(23)34-26)33-24-15-21(37-16-18-3-5-19(30)6-4-18)9-13-25(24)38-22-10-7-20(35)8-11-22/h3-15,17,35-36H,16H2,1-2H3,(H,31,32,33,34). The van der Waals surface area contributed by atoms with Crippen LogP contribution in [0.25, 0.3) is 11.0 Å². The number of pyridine rings is 1. The van der Waals surface area contributed by atoms with Crippen molar-refractivity contribution in [2.24, 2.45) is 0 Å². The number of rotatable bonds is 8. The van der Waals surface area contributed by atoms with Gasteiger partial charge in [-0.25, -0.2) is 15.0 Å². The van der Waals surface area contributed by atoms with Crippen LogP contribution in [0, 0.1) is 0 Å². The second kappa shape index (κ2) is 11.0. The number of hydrogen-bond acceptors (Lipinski definition) is 8. The zero-order valence-corrected chi connectivity index (χ0v) is 23.1. The predicted octanol–water partition coefficient (Wildman–Crippen LogP) is 7.19. The summed E-state index contributed by atoms with van der Waals surface area (Å²) in [6.07, 6.45) is 1.45. The highest BCUT2D eigenvalue weighted by Crippen LogP contribution is 2.38. The molecule has 0 saturated heterocycles. The molecule has 0 amide bonds. The minimum Gasteiger partial charge on any atom is -0.508 e. The smallest absolute Gasteiger partial charge is 0.165 e. The highest BCUT2D eigenvalue weighted by Gasteiger charge is 2.19. The van der Waals surface area contributed by atoms with Crippen LogP contribution in [0.3, 0.4) is 0 Å². The van der Waals surface area contributed by atoms with E-state index in [1.807, 2.05) is 60.7 Å². The Labute approximate surface area is 233 Å². The third kappa shape index (κ3) is 6.24. The van der Waals surface area contributed by atoms with Crippen LogP contribution in [0.5, 0.6) is 11.5 Å². The third-order valence-electron chi connectivity index (χ3n) is 5.71. The Morgan fingerprint density at radius 3 is 2.45 bits per heavy atom. The quantitative estimate of drug-likeness (QED) is 0.175. The average molecular weight is 590 g/mol. The molecule has 9 heteroatoms. The van der Waals surface area contributed by atoms with Crippen molar-refractivity contribution in [2.45, 2.75) is 35.8 Å². The molecule has 5 rings (SSSR count). The van der Waals surface area contributed by atoms with Gasteiger partial charge < -0.3 is 20.3 Å². The number of aliphatic hydroxyl groups is 1. The molecule has 2 aromatic heterocycles. The van der Waals surface area contributed by atoms with Gasteiger partial charge in [0.25, 0.3) is 0 Å². The number of ether oxygens (including phenoxy) is 1. The number of aromatic hydroxyl groups is 1. The molecular weight excluding hydrogens is 564 g/mol. The highest BCUT2D eigenvalue weighted by molar-refractivity contribution is 9.10. The van der Waals surface area contributed by atoms with Gasteiger partial charge in [0.2, 0.25) is 0 Å². The Hall–Kier alpha value is -3.66. The maximum Gasteiger partial charge on any atom is 0.165 e. The van der Waals surface area contributed by atoms with Crippen molar-refractivity contribution >= 4 is 50.2 Å². The molecule has 5 aromatic rings. The van der Waals surface area contributed by atoms with E-state index in [4.69, 9.17) is 4.74 Å². The number of anilines is 2. The Morgan fingerprint density at radius 2 is 1.71 bits per heavy atom. The van der Waals surface area contributed by atoms with Crippen LogP contribution >= 0.6 is 27.7 Å². The molecule has 0 aliphatic heterocycles. The summed E-state index contributed by atoms with van der Waals surface area (Å²) in [4.78, 5) is 15.2. The summed E-state index contributed by atoms with van der Waals surface area (Å²) in [6.45, 7) is 3.81. The molecule has 0 aliphatic carbocycles. The number of aromatic nitrogens is 3. The van der Waals surface area contributed by atoms with Gasteiger partial charge in [0, 0.05) is 20.3 Å². The molecule has 7 nitrogen and oxygen atoms in total. The van der Waals surface area contributed by atoms with Gasteiger partial charge in [-0.15, -0.1) is 0 Å². The van der Waals surface area contributed by atoms with Gasteiger partial charge in [-0.05, 0) is 80.1 Å². The molecule has 3 N–H and O–H groups in total. The van der Waals surface area contributed by atoms with Gasteiger partial charge in [-0.3, -0.25) is 0 Å². The highest BCUT2D eigenvalue weighted by atomic mass is 79.9. The van der Waals surface area contributed by atoms with E-state index in [9.17, 15) is 10.2 Å². The molecule has 0 bridgehead atoms. The van der Waals surface area contributed by atoms with E-state index in [0.29, 0.717) is 29.5 Å². The van der Waals surface area contributed by atoms with Crippen molar-refractivity contribution in [1.29, 1.82) is 0 Å². The van der Waals surface area contributed by atoms with Gasteiger partial charge in [-0.1, -0.05) is 39.8 Å². The molecule has 192 valence electrons. The molecule has 0 atom stereocenters. The second-order valence-corrected chi connectivity index (χ2v) is 11.2. The normalized spacial score (nSPS) is 11.5. The van der Waals surface area contributed by atoms with Crippen LogP contribution in [-0.2, 0) is 12.2 Å². The van der Waals surface area contributed by atoms with Gasteiger partial charge >= 0.3 is 0 Å². The number of phenols is 1. The Bertz CT molecular complexity index is 1570. The number of hydrogen-bond donors (Lipinski definition) is 3. The summed E-state index contributed by atoms with van der Waals surface area (Å²) in [5, 5.41) is 24.2. The zero-order valence-electron chi connectivity index (χ0n) is 20.7. The summed E-state index contributed by atoms with van der Waals surface area (Å²) in [5.41, 5.74) is 1.78. The summed E-state index contributed by atoms with van der Waals surface area (Å²) in [5.74, 6) is 1.50. The minimum absolute atomic E-state index is 0.217. The van der Waals surface area contributed by atoms with Crippen molar-refractivity contribution in [1.82, 2.24) is 15.0 Å². The van der Waals surface area contributed by atoms with Crippen LogP contribution in [0.15, 0.2) is 99.5 Å². The number of nitrogens with one attached hydrogen (secondary N) is 1. The first kappa shape index (κ1) is 26.0. The van der Waals surface area contributed by atoms with Crippen LogP contribution < -0.4 is 10.1 Å². The van der Waals surface area contributed by atoms with E-state index in [0.717, 1.165) is 30.9 Å². The van der Waals surface area contributed by atoms with E-state index >= 15 is 0 Å². The lowest BCUT2D eigenvalue weighted by Crippen LogP contribution is -2.17. The SMILES string of the molecule is CC(C)(O)c1ccc2c(Nc3cc(OCc4ccc(Br)cc4)ccc3Sc3ccc(O)cc3)ncnc2n1. The number of halogens is 1. The lowest BCUT2D eigenvalue weighted by molar-refractivity contribution is 0.0741. The molecule has 3 aromatic carbocycles. The van der Waals surface area contributed by atoms with E-state index in [1.54, 1.807) is 43.8 Å². The molecular formula is C29H25BrN4O3S. The van der Waals surface area contributed by atoms with E-state index < -0.39 is 5.60 Å². The molecule has 38 heavy (non-hydrogen) atoms. The average Bonchev–Trinajstić information content (AvgIpc) is 2.90. The molecule has 2 heterocycles. The van der Waals surface area contributed by atoms with Crippen molar-refractivity contribution in [3.05, 3.63) is 101 Å². The number of nitrogens with zero attached hydrogens (tertiary/aromatic N) is 3. The first-order valence-electron chi connectivity index (χ1n) is 11.8. The minimum atomic E-state index is -1.08. The van der Waals surface area contributed by atoms with Gasteiger partial charge in [0.1, 0.15) is 35.9 Å². The number of fused-ring (bicyclic) bond motifs is 1. The summed E-state index contributed by atoms with van der Waals surface area (Å²) in [7, 11) is 0. The van der Waals surface area contributed by atoms with Crippen LogP contribution in [0.1, 0.15) is 25.1 Å². The molecule has 0 radical (unpaired) electrons. The van der Waals surface area contributed by atoms with Crippen molar-refractivity contribution in [2.75, 3.05) is 5.32 Å². The summed E-state index contributed by atoms with van der Waals surface area (Å²) >= 11 is 5.01. The molecule has 0 saturated carbocycles. The van der Waals surface area contributed by atoms with Gasteiger partial charge in [0.15, 0.2) is 5.65 Å². The van der Waals surface area contributed by atoms with Crippen LogP contribution in [-0.4, -0.2) is 25.2 Å². The van der Waals surface area contributed by atoms with Gasteiger partial charge in [0.05, 0.1) is 16.8 Å². The zero-order chi connectivity index (χ0) is 26.7. The van der Waals surface area contributed by atoms with Crippen molar-refractivity contribution < 1.29 is 14.9 Å². The fourth-order valence-corrected chi connectivity index (χ4v) is 4.83. The molecule has 0 aliphatic rings. The first-order valence-corrected chi connectivity index (χ1v) is 13.5. The van der Waals surface area contributed by atoms with E-state index in [1.165, 1.54) is 6.33 Å². The fourth-order valence-electron chi connectivity index (χ4n) is 3.68. The van der Waals surface area contributed by atoms with Crippen LogP contribution in [0.4, 0.5) is 11.5 Å².